The molecule has 25 heavy (non-hydrogen) atoms. The van der Waals surface area contributed by atoms with Crippen molar-refractivity contribution in [1.29, 1.82) is 0 Å². The number of hydrogen-bond donors (Lipinski definition) is 2. The number of anilines is 1. The van der Waals surface area contributed by atoms with Crippen molar-refractivity contribution in [3.8, 4) is 0 Å². The van der Waals surface area contributed by atoms with Gasteiger partial charge in [-0.1, -0.05) is 49.4 Å². The van der Waals surface area contributed by atoms with Crippen LogP contribution in [0.15, 0.2) is 54.6 Å². The van der Waals surface area contributed by atoms with Crippen LogP contribution in [0, 0.1) is 0 Å². The molecule has 0 heterocycles. The minimum absolute atomic E-state index is 0.0406. The minimum atomic E-state index is -0.180. The summed E-state index contributed by atoms with van der Waals surface area (Å²) in [5, 5.41) is 5.76. The topological polar surface area (TPSA) is 58.2 Å². The second-order valence-corrected chi connectivity index (χ2v) is 6.44. The third-order valence-electron chi connectivity index (χ3n) is 4.06. The van der Waals surface area contributed by atoms with Crippen LogP contribution in [0.2, 0.25) is 0 Å². The number of rotatable bonds is 7. The van der Waals surface area contributed by atoms with Crippen LogP contribution < -0.4 is 10.6 Å². The van der Waals surface area contributed by atoms with Gasteiger partial charge in [-0.15, -0.1) is 0 Å². The van der Waals surface area contributed by atoms with Gasteiger partial charge in [0.1, 0.15) is 0 Å². The number of carbonyl (C=O) groups is 2. The molecule has 2 aromatic rings. The number of hydrogen-bond acceptors (Lipinski definition) is 2. The van der Waals surface area contributed by atoms with Crippen LogP contribution in [-0.4, -0.2) is 17.9 Å². The van der Waals surface area contributed by atoms with E-state index in [1.807, 2.05) is 50.2 Å². The number of nitrogens with one attached hydrogen (secondary N) is 2. The summed E-state index contributed by atoms with van der Waals surface area (Å²) in [6.45, 7) is 5.89. The number of carbonyl (C=O) groups excluding carboxylic acids is 2. The molecule has 1 atom stereocenters. The van der Waals surface area contributed by atoms with Gasteiger partial charge in [0.2, 0.25) is 5.91 Å². The first-order chi connectivity index (χ1) is 12.0. The molecule has 0 aliphatic rings. The first-order valence-electron chi connectivity index (χ1n) is 8.76. The molecule has 0 fully saturated rings. The van der Waals surface area contributed by atoms with Crippen molar-refractivity contribution >= 4 is 17.5 Å². The zero-order valence-electron chi connectivity index (χ0n) is 15.1. The second kappa shape index (κ2) is 9.02. The molecule has 0 saturated heterocycles. The quantitative estimate of drug-likeness (QED) is 0.788. The lowest BCUT2D eigenvalue weighted by atomic mass is 9.93. The van der Waals surface area contributed by atoms with Crippen molar-refractivity contribution in [2.24, 2.45) is 0 Å². The molecule has 0 bridgehead atoms. The van der Waals surface area contributed by atoms with Gasteiger partial charge in [-0.25, -0.2) is 0 Å². The van der Waals surface area contributed by atoms with E-state index in [0.29, 0.717) is 17.7 Å². The largest absolute Gasteiger partial charge is 0.350 e. The lowest BCUT2D eigenvalue weighted by molar-refractivity contribution is -0.116. The predicted molar refractivity (Wildman–Crippen MR) is 102 cm³/mol. The fourth-order valence-corrected chi connectivity index (χ4v) is 2.78. The zero-order valence-corrected chi connectivity index (χ0v) is 15.1. The maximum atomic E-state index is 12.5. The Hall–Kier alpha value is -2.62. The summed E-state index contributed by atoms with van der Waals surface area (Å²) in [5.41, 5.74) is 2.19. The molecule has 1 unspecified atom stereocenters. The van der Waals surface area contributed by atoms with Gasteiger partial charge in [0.25, 0.3) is 5.91 Å². The van der Waals surface area contributed by atoms with E-state index in [4.69, 9.17) is 0 Å². The lowest BCUT2D eigenvalue weighted by Crippen LogP contribution is -2.31. The van der Waals surface area contributed by atoms with Crippen LogP contribution >= 0.6 is 0 Å². The molecule has 0 spiro atoms. The molecule has 0 aromatic heterocycles. The Morgan fingerprint density at radius 3 is 2.24 bits per heavy atom. The van der Waals surface area contributed by atoms with Gasteiger partial charge in [-0.3, -0.25) is 9.59 Å². The van der Waals surface area contributed by atoms with Gasteiger partial charge in [-0.2, -0.15) is 0 Å². The van der Waals surface area contributed by atoms with Crippen LogP contribution in [-0.2, 0) is 4.79 Å². The van der Waals surface area contributed by atoms with E-state index in [1.54, 1.807) is 18.2 Å². The van der Waals surface area contributed by atoms with Crippen LogP contribution in [0.3, 0.4) is 0 Å². The fraction of sp³-hybridized carbons (Fsp3) is 0.333. The summed E-state index contributed by atoms with van der Waals surface area (Å²) in [6.07, 6.45) is 1.27. The molecule has 2 N–H and O–H groups in total. The lowest BCUT2D eigenvalue weighted by Gasteiger charge is -2.17. The van der Waals surface area contributed by atoms with Crippen LogP contribution in [0.4, 0.5) is 5.69 Å². The van der Waals surface area contributed by atoms with Crippen molar-refractivity contribution in [3.05, 3.63) is 65.7 Å². The van der Waals surface area contributed by atoms with Gasteiger partial charge in [0.05, 0.1) is 11.3 Å². The van der Waals surface area contributed by atoms with E-state index >= 15 is 0 Å². The highest BCUT2D eigenvalue weighted by molar-refractivity contribution is 6.03. The number of amides is 2. The Balaban J connectivity index is 2.09. The smallest absolute Gasteiger partial charge is 0.253 e. The van der Waals surface area contributed by atoms with Gasteiger partial charge < -0.3 is 10.6 Å². The van der Waals surface area contributed by atoms with Crippen molar-refractivity contribution in [3.63, 3.8) is 0 Å². The van der Waals surface area contributed by atoms with Crippen molar-refractivity contribution in [2.45, 2.75) is 45.6 Å². The average molecular weight is 338 g/mol. The molecule has 132 valence electrons. The maximum absolute atomic E-state index is 12.5. The molecule has 0 aliphatic heterocycles. The number of para-hydroxylation sites is 1. The molecule has 2 rings (SSSR count). The summed E-state index contributed by atoms with van der Waals surface area (Å²) < 4.78 is 0. The third kappa shape index (κ3) is 5.45. The summed E-state index contributed by atoms with van der Waals surface area (Å²) in [5.74, 6) is -0.0978. The SMILES string of the molecule is CCC(CC(=O)Nc1ccccc1C(=O)NC(C)C)c1ccccc1. The van der Waals surface area contributed by atoms with E-state index in [9.17, 15) is 9.59 Å². The first-order valence-corrected chi connectivity index (χ1v) is 8.76. The molecule has 2 aromatic carbocycles. The summed E-state index contributed by atoms with van der Waals surface area (Å²) in [7, 11) is 0. The van der Waals surface area contributed by atoms with E-state index in [0.717, 1.165) is 12.0 Å². The highest BCUT2D eigenvalue weighted by atomic mass is 16.2. The van der Waals surface area contributed by atoms with Crippen molar-refractivity contribution < 1.29 is 9.59 Å². The summed E-state index contributed by atoms with van der Waals surface area (Å²) in [6, 6.07) is 17.2. The Labute approximate surface area is 149 Å². The number of benzene rings is 2. The predicted octanol–water partition coefficient (Wildman–Crippen LogP) is 4.35. The zero-order chi connectivity index (χ0) is 18.2. The molecular formula is C21H26N2O2. The minimum Gasteiger partial charge on any atom is -0.350 e. The van der Waals surface area contributed by atoms with Gasteiger partial charge in [0, 0.05) is 12.5 Å². The first kappa shape index (κ1) is 18.7. The fourth-order valence-electron chi connectivity index (χ4n) is 2.78. The van der Waals surface area contributed by atoms with E-state index in [1.165, 1.54) is 0 Å². The monoisotopic (exact) mass is 338 g/mol. The highest BCUT2D eigenvalue weighted by Gasteiger charge is 2.17. The second-order valence-electron chi connectivity index (χ2n) is 6.44. The maximum Gasteiger partial charge on any atom is 0.253 e. The molecule has 0 aliphatic carbocycles. The normalized spacial score (nSPS) is 11.8. The van der Waals surface area contributed by atoms with E-state index in [-0.39, 0.29) is 23.8 Å². The molecular weight excluding hydrogens is 312 g/mol. The van der Waals surface area contributed by atoms with E-state index in [2.05, 4.69) is 17.6 Å². The van der Waals surface area contributed by atoms with Crippen LogP contribution in [0.5, 0.6) is 0 Å². The van der Waals surface area contributed by atoms with Gasteiger partial charge in [0.15, 0.2) is 0 Å². The molecule has 4 heteroatoms. The third-order valence-corrected chi connectivity index (χ3v) is 4.06. The van der Waals surface area contributed by atoms with Gasteiger partial charge in [-0.05, 0) is 43.9 Å². The molecule has 4 nitrogen and oxygen atoms in total. The Bertz CT molecular complexity index is 711. The highest BCUT2D eigenvalue weighted by Crippen LogP contribution is 2.24. The van der Waals surface area contributed by atoms with Crippen molar-refractivity contribution in [1.82, 2.24) is 5.32 Å². The van der Waals surface area contributed by atoms with Crippen LogP contribution in [0.25, 0.3) is 0 Å². The van der Waals surface area contributed by atoms with Gasteiger partial charge >= 0.3 is 0 Å². The Kier molecular flexibility index (Phi) is 6.75. The standard InChI is InChI=1S/C21H26N2O2/c1-4-16(17-10-6-5-7-11-17)14-20(24)23-19-13-9-8-12-18(19)21(25)22-15(2)3/h5-13,15-16H,4,14H2,1-3H3,(H,22,25)(H,23,24). The Morgan fingerprint density at radius 1 is 0.960 bits per heavy atom. The summed E-state index contributed by atoms with van der Waals surface area (Å²) >= 11 is 0. The Morgan fingerprint density at radius 2 is 1.60 bits per heavy atom. The molecule has 2 amide bonds. The average Bonchev–Trinajstić information content (AvgIpc) is 2.60. The van der Waals surface area contributed by atoms with E-state index < -0.39 is 0 Å². The van der Waals surface area contributed by atoms with Crippen molar-refractivity contribution in [2.75, 3.05) is 5.32 Å². The molecule has 0 radical (unpaired) electrons. The summed E-state index contributed by atoms with van der Waals surface area (Å²) in [4.78, 5) is 24.8. The van der Waals surface area contributed by atoms with Crippen LogP contribution in [0.1, 0.15) is 55.5 Å². The molecule has 0 saturated carbocycles.